The minimum atomic E-state index is -0.493. The molecule has 3 N–H and O–H groups in total. The molecule has 1 aliphatic rings. The van der Waals surface area contributed by atoms with E-state index in [9.17, 15) is 4.79 Å². The topological polar surface area (TPSA) is 55.1 Å². The van der Waals surface area contributed by atoms with Crippen molar-refractivity contribution >= 4 is 35.0 Å². The number of carbonyl (C=O) groups excluding carboxylic acids is 1. The Bertz CT molecular complexity index is 439. The predicted molar refractivity (Wildman–Crippen MR) is 73.9 cm³/mol. The molecule has 0 radical (unpaired) electrons. The molecule has 0 spiro atoms. The maximum atomic E-state index is 11.2. The number of nitrogens with two attached hydrogens (primary N) is 1. The van der Waals surface area contributed by atoms with Crippen LogP contribution in [0.3, 0.4) is 0 Å². The Kier molecular flexibility index (Phi) is 3.84. The van der Waals surface area contributed by atoms with Crippen LogP contribution in [0.5, 0.6) is 0 Å². The second-order valence-corrected chi connectivity index (χ2v) is 6.07. The Balaban J connectivity index is 2.16. The highest BCUT2D eigenvalue weighted by Gasteiger charge is 2.23. The van der Waals surface area contributed by atoms with Crippen molar-refractivity contribution in [1.29, 1.82) is 0 Å². The van der Waals surface area contributed by atoms with E-state index in [1.54, 1.807) is 12.1 Å². The highest BCUT2D eigenvalue weighted by molar-refractivity contribution is 8.00. The van der Waals surface area contributed by atoms with Gasteiger partial charge in [-0.25, -0.2) is 0 Å². The molecule has 1 aromatic carbocycles. The van der Waals surface area contributed by atoms with Gasteiger partial charge < -0.3 is 11.1 Å². The highest BCUT2D eigenvalue weighted by atomic mass is 35.5. The molecule has 92 valence electrons. The highest BCUT2D eigenvalue weighted by Crippen LogP contribution is 2.29. The van der Waals surface area contributed by atoms with Crippen LogP contribution in [0.2, 0.25) is 5.02 Å². The number of halogens is 1. The summed E-state index contributed by atoms with van der Waals surface area (Å²) in [6.07, 6.45) is 1.14. The monoisotopic (exact) mass is 270 g/mol. The Morgan fingerprint density at radius 3 is 2.94 bits per heavy atom. The molecule has 1 aliphatic heterocycles. The molecule has 2 atom stereocenters. The standard InChI is InChI=1S/C12H15ClN2OS/c1-7-11(4-5-17-7)15-8-2-3-10(13)9(6-8)12(14)16/h2-3,6-7,11,15H,4-5H2,1H3,(H2,14,16). The van der Waals surface area contributed by atoms with Gasteiger partial charge in [-0.15, -0.1) is 0 Å². The van der Waals surface area contributed by atoms with Gasteiger partial charge >= 0.3 is 0 Å². The van der Waals surface area contributed by atoms with Crippen LogP contribution in [0.15, 0.2) is 18.2 Å². The maximum absolute atomic E-state index is 11.2. The number of amides is 1. The lowest BCUT2D eigenvalue weighted by molar-refractivity contribution is 0.100. The van der Waals surface area contributed by atoms with Crippen LogP contribution in [0.4, 0.5) is 5.69 Å². The fourth-order valence-electron chi connectivity index (χ4n) is 1.94. The second kappa shape index (κ2) is 5.19. The third-order valence-corrected chi connectivity index (χ3v) is 4.62. The number of thioether (sulfide) groups is 1. The predicted octanol–water partition coefficient (Wildman–Crippen LogP) is 2.74. The lowest BCUT2D eigenvalue weighted by atomic mass is 10.1. The third kappa shape index (κ3) is 2.87. The number of nitrogens with one attached hydrogen (secondary N) is 1. The molecule has 17 heavy (non-hydrogen) atoms. The molecule has 3 nitrogen and oxygen atoms in total. The van der Waals surface area contributed by atoms with Gasteiger partial charge in [0.2, 0.25) is 5.91 Å². The van der Waals surface area contributed by atoms with E-state index in [4.69, 9.17) is 17.3 Å². The molecule has 1 fully saturated rings. The molecule has 1 heterocycles. The smallest absolute Gasteiger partial charge is 0.250 e. The van der Waals surface area contributed by atoms with E-state index in [2.05, 4.69) is 12.2 Å². The lowest BCUT2D eigenvalue weighted by Gasteiger charge is -2.18. The molecular weight excluding hydrogens is 256 g/mol. The summed E-state index contributed by atoms with van der Waals surface area (Å²) in [5.41, 5.74) is 6.54. The van der Waals surface area contributed by atoms with E-state index >= 15 is 0 Å². The van der Waals surface area contributed by atoms with E-state index in [0.29, 0.717) is 21.9 Å². The van der Waals surface area contributed by atoms with Gasteiger partial charge in [0.25, 0.3) is 0 Å². The van der Waals surface area contributed by atoms with Gasteiger partial charge in [-0.3, -0.25) is 4.79 Å². The third-order valence-electron chi connectivity index (χ3n) is 2.96. The number of anilines is 1. The molecule has 2 rings (SSSR count). The van der Waals surface area contributed by atoms with E-state index in [-0.39, 0.29) is 0 Å². The zero-order valence-corrected chi connectivity index (χ0v) is 11.1. The van der Waals surface area contributed by atoms with Crippen molar-refractivity contribution in [1.82, 2.24) is 0 Å². The van der Waals surface area contributed by atoms with Crippen molar-refractivity contribution in [3.05, 3.63) is 28.8 Å². The molecule has 0 aliphatic carbocycles. The lowest BCUT2D eigenvalue weighted by Crippen LogP contribution is -2.25. The van der Waals surface area contributed by atoms with Gasteiger partial charge in [0.05, 0.1) is 10.6 Å². The summed E-state index contributed by atoms with van der Waals surface area (Å²) < 4.78 is 0. The summed E-state index contributed by atoms with van der Waals surface area (Å²) in [5.74, 6) is 0.683. The minimum absolute atomic E-state index is 0.370. The summed E-state index contributed by atoms with van der Waals surface area (Å²) in [7, 11) is 0. The quantitative estimate of drug-likeness (QED) is 0.888. The van der Waals surface area contributed by atoms with E-state index in [0.717, 1.165) is 12.1 Å². The Hall–Kier alpha value is -0.870. The van der Waals surface area contributed by atoms with E-state index in [1.165, 1.54) is 5.75 Å². The van der Waals surface area contributed by atoms with E-state index in [1.807, 2.05) is 17.8 Å². The van der Waals surface area contributed by atoms with Gasteiger partial charge in [0.15, 0.2) is 0 Å². The molecule has 1 saturated heterocycles. The SMILES string of the molecule is CC1SCCC1Nc1ccc(Cl)c(C(N)=O)c1. The molecule has 1 aromatic rings. The van der Waals surface area contributed by atoms with Gasteiger partial charge in [-0.1, -0.05) is 18.5 Å². The number of hydrogen-bond donors (Lipinski definition) is 2. The fourth-order valence-corrected chi connectivity index (χ4v) is 3.35. The van der Waals surface area contributed by atoms with Gasteiger partial charge in [-0.2, -0.15) is 11.8 Å². The van der Waals surface area contributed by atoms with Gasteiger partial charge in [0, 0.05) is 17.0 Å². The van der Waals surface area contributed by atoms with Crippen molar-refractivity contribution in [3.63, 3.8) is 0 Å². The first kappa shape index (κ1) is 12.6. The molecule has 1 amide bonds. The minimum Gasteiger partial charge on any atom is -0.381 e. The summed E-state index contributed by atoms with van der Waals surface area (Å²) in [5, 5.41) is 4.41. The van der Waals surface area contributed by atoms with Gasteiger partial charge in [0.1, 0.15) is 0 Å². The summed E-state index contributed by atoms with van der Waals surface area (Å²) in [6, 6.07) is 5.75. The molecule has 0 aromatic heterocycles. The van der Waals surface area contributed by atoms with Crippen LogP contribution >= 0.6 is 23.4 Å². The van der Waals surface area contributed by atoms with Crippen LogP contribution < -0.4 is 11.1 Å². The van der Waals surface area contributed by atoms with Crippen molar-refractivity contribution in [3.8, 4) is 0 Å². The first-order valence-corrected chi connectivity index (χ1v) is 6.98. The number of carbonyl (C=O) groups is 1. The summed E-state index contributed by atoms with van der Waals surface area (Å²) >= 11 is 7.86. The van der Waals surface area contributed by atoms with E-state index < -0.39 is 5.91 Å². The summed E-state index contributed by atoms with van der Waals surface area (Å²) in [4.78, 5) is 11.2. The first-order valence-electron chi connectivity index (χ1n) is 5.55. The molecule has 0 saturated carbocycles. The largest absolute Gasteiger partial charge is 0.381 e. The maximum Gasteiger partial charge on any atom is 0.250 e. The average Bonchev–Trinajstić information content (AvgIpc) is 2.67. The zero-order valence-electron chi connectivity index (χ0n) is 9.57. The molecule has 0 bridgehead atoms. The normalized spacial score (nSPS) is 23.6. The van der Waals surface area contributed by atoms with Crippen LogP contribution in [0.1, 0.15) is 23.7 Å². The summed E-state index contributed by atoms with van der Waals surface area (Å²) in [6.45, 7) is 2.21. The Morgan fingerprint density at radius 2 is 2.35 bits per heavy atom. The van der Waals surface area contributed by atoms with Crippen molar-refractivity contribution in [2.45, 2.75) is 24.6 Å². The second-order valence-electron chi connectivity index (χ2n) is 4.17. The van der Waals surface area contributed by atoms with Crippen LogP contribution in [-0.2, 0) is 0 Å². The van der Waals surface area contributed by atoms with Crippen molar-refractivity contribution in [2.24, 2.45) is 5.73 Å². The van der Waals surface area contributed by atoms with Crippen LogP contribution in [0.25, 0.3) is 0 Å². The molecule has 2 unspecified atom stereocenters. The van der Waals surface area contributed by atoms with Crippen LogP contribution in [0, 0.1) is 0 Å². The van der Waals surface area contributed by atoms with Crippen molar-refractivity contribution in [2.75, 3.05) is 11.1 Å². The zero-order chi connectivity index (χ0) is 12.4. The Morgan fingerprint density at radius 1 is 1.59 bits per heavy atom. The molecular formula is C12H15ClN2OS. The molecule has 5 heteroatoms. The number of rotatable bonds is 3. The first-order chi connectivity index (χ1) is 8.08. The number of primary amides is 1. The Labute approximate surface area is 110 Å². The van der Waals surface area contributed by atoms with Crippen molar-refractivity contribution < 1.29 is 4.79 Å². The average molecular weight is 271 g/mol. The number of benzene rings is 1. The van der Waals surface area contributed by atoms with Crippen LogP contribution in [-0.4, -0.2) is 23.0 Å². The number of hydrogen-bond acceptors (Lipinski definition) is 3. The van der Waals surface area contributed by atoms with Gasteiger partial charge in [-0.05, 0) is 30.4 Å². The fraction of sp³-hybridized carbons (Fsp3) is 0.417.